The second-order valence-electron chi connectivity index (χ2n) is 9.86. The molecule has 0 bridgehead atoms. The van der Waals surface area contributed by atoms with Crippen molar-refractivity contribution < 1.29 is 9.53 Å². The number of nitrogens with two attached hydrogens (primary N) is 1. The Morgan fingerprint density at radius 2 is 1.92 bits per heavy atom. The van der Waals surface area contributed by atoms with E-state index in [4.69, 9.17) is 10.5 Å². The highest BCUT2D eigenvalue weighted by atomic mass is 16.5. The molecule has 2 aliphatic rings. The number of hydrogen-bond donors (Lipinski definition) is 3. The van der Waals surface area contributed by atoms with Crippen molar-refractivity contribution in [2.24, 2.45) is 5.73 Å². The summed E-state index contributed by atoms with van der Waals surface area (Å²) in [5.74, 6) is 0.961. The number of fused-ring (bicyclic) bond motifs is 1. The molecule has 3 aromatic heterocycles. The molecular formula is C28H32N8O2. The number of ether oxygens (including phenoxy) is 1. The molecule has 0 spiro atoms. The number of aromatic nitrogens is 4. The monoisotopic (exact) mass is 512 g/mol. The van der Waals surface area contributed by atoms with Crippen LogP contribution in [-0.4, -0.2) is 76.2 Å². The highest BCUT2D eigenvalue weighted by Gasteiger charge is 2.22. The fourth-order valence-electron chi connectivity index (χ4n) is 5.15. The second kappa shape index (κ2) is 10.8. The summed E-state index contributed by atoms with van der Waals surface area (Å²) in [7, 11) is 0. The largest absolute Gasteiger partial charge is 0.379 e. The Kier molecular flexibility index (Phi) is 6.89. The summed E-state index contributed by atoms with van der Waals surface area (Å²) in [4.78, 5) is 33.9. The molecule has 1 aromatic carbocycles. The number of nitrogens with one attached hydrogen (secondary N) is 2. The number of morpholine rings is 1. The van der Waals surface area contributed by atoms with Gasteiger partial charge in [-0.05, 0) is 48.7 Å². The van der Waals surface area contributed by atoms with Crippen LogP contribution in [0.4, 0.5) is 11.5 Å². The average molecular weight is 513 g/mol. The van der Waals surface area contributed by atoms with E-state index in [-0.39, 0.29) is 11.9 Å². The lowest BCUT2D eigenvalue weighted by Crippen LogP contribution is -2.45. The highest BCUT2D eigenvalue weighted by molar-refractivity contribution is 5.94. The third-order valence-corrected chi connectivity index (χ3v) is 7.19. The van der Waals surface area contributed by atoms with E-state index < -0.39 is 0 Å². The summed E-state index contributed by atoms with van der Waals surface area (Å²) >= 11 is 0. The Hall–Kier alpha value is -4.02. The smallest absolute Gasteiger partial charge is 0.254 e. The van der Waals surface area contributed by atoms with Crippen molar-refractivity contribution in [3.05, 3.63) is 66.2 Å². The number of nitrogens with zero attached hydrogens (tertiary/aromatic N) is 5. The molecule has 4 aromatic rings. The number of likely N-dealkylation sites (tertiary alicyclic amines) is 1. The lowest BCUT2D eigenvalue weighted by Gasteiger charge is -2.30. The molecule has 4 N–H and O–H groups in total. The Bertz CT molecular complexity index is 1410. The molecule has 0 aliphatic carbocycles. The first kappa shape index (κ1) is 24.3. The van der Waals surface area contributed by atoms with Gasteiger partial charge in [0.05, 0.1) is 30.8 Å². The zero-order valence-electron chi connectivity index (χ0n) is 21.3. The summed E-state index contributed by atoms with van der Waals surface area (Å²) in [5, 5.41) is 4.43. The predicted octanol–water partition coefficient (Wildman–Crippen LogP) is 3.03. The number of aromatic amines is 1. The molecule has 38 heavy (non-hydrogen) atoms. The van der Waals surface area contributed by atoms with Crippen LogP contribution < -0.4 is 16.0 Å². The third-order valence-electron chi connectivity index (χ3n) is 7.19. The SMILES string of the molecule is N[C@@H]1CCCN(C(=O)c2ccnc(CNc3ccc(-c4cc5c(N6CCOCC6)ncnc5[nH]4)cc3)c2)C1. The zero-order valence-corrected chi connectivity index (χ0v) is 21.3. The van der Waals surface area contributed by atoms with Crippen LogP contribution in [0.5, 0.6) is 0 Å². The van der Waals surface area contributed by atoms with Crippen molar-refractivity contribution in [3.8, 4) is 11.3 Å². The van der Waals surface area contributed by atoms with Gasteiger partial charge in [0.25, 0.3) is 5.91 Å². The standard InChI is InChI=1S/C28H32N8O2/c29-21-2-1-9-36(17-21)28(37)20-7-8-30-23(14-20)16-31-22-5-3-19(4-6-22)25-15-24-26(34-25)32-18-33-27(24)35-10-12-38-13-11-35/h3-8,14-15,18,21,31H,1-2,9-13,16-17,29H2,(H,32,33,34)/t21-/m1/s1. The fourth-order valence-corrected chi connectivity index (χ4v) is 5.15. The Balaban J connectivity index is 1.12. The summed E-state index contributed by atoms with van der Waals surface area (Å²) in [5.41, 5.74) is 11.4. The molecule has 2 aliphatic heterocycles. The number of carbonyl (C=O) groups is 1. The number of pyridine rings is 1. The van der Waals surface area contributed by atoms with Crippen molar-refractivity contribution in [1.29, 1.82) is 0 Å². The van der Waals surface area contributed by atoms with Gasteiger partial charge in [0.2, 0.25) is 0 Å². The quantitative estimate of drug-likeness (QED) is 0.360. The highest BCUT2D eigenvalue weighted by Crippen LogP contribution is 2.29. The maximum Gasteiger partial charge on any atom is 0.254 e. The minimum Gasteiger partial charge on any atom is -0.379 e. The molecular weight excluding hydrogens is 480 g/mol. The third kappa shape index (κ3) is 5.18. The van der Waals surface area contributed by atoms with Gasteiger partial charge in [-0.25, -0.2) is 9.97 Å². The summed E-state index contributed by atoms with van der Waals surface area (Å²) in [6, 6.07) is 14.0. The fraction of sp³-hybridized carbons (Fsp3) is 0.357. The molecule has 196 valence electrons. The summed E-state index contributed by atoms with van der Waals surface area (Å²) in [6.45, 7) is 4.95. The van der Waals surface area contributed by atoms with E-state index in [0.29, 0.717) is 31.9 Å². The molecule has 10 heteroatoms. The lowest BCUT2D eigenvalue weighted by atomic mass is 10.1. The maximum absolute atomic E-state index is 12.9. The maximum atomic E-state index is 12.9. The minimum absolute atomic E-state index is 0.0213. The zero-order chi connectivity index (χ0) is 25.9. The molecule has 0 radical (unpaired) electrons. The summed E-state index contributed by atoms with van der Waals surface area (Å²) in [6.07, 6.45) is 5.22. The molecule has 6 rings (SSSR count). The number of hydrogen-bond acceptors (Lipinski definition) is 8. The van der Waals surface area contributed by atoms with Crippen LogP contribution in [0.15, 0.2) is 55.0 Å². The summed E-state index contributed by atoms with van der Waals surface area (Å²) < 4.78 is 5.49. The van der Waals surface area contributed by atoms with Crippen LogP contribution in [0.25, 0.3) is 22.3 Å². The van der Waals surface area contributed by atoms with Crippen molar-refractivity contribution in [2.75, 3.05) is 49.6 Å². The average Bonchev–Trinajstić information content (AvgIpc) is 3.41. The van der Waals surface area contributed by atoms with Gasteiger partial charge in [0, 0.05) is 55.4 Å². The lowest BCUT2D eigenvalue weighted by molar-refractivity contribution is 0.0708. The van der Waals surface area contributed by atoms with E-state index >= 15 is 0 Å². The van der Waals surface area contributed by atoms with E-state index in [9.17, 15) is 4.79 Å². The number of piperidine rings is 1. The Labute approximate surface area is 221 Å². The number of carbonyl (C=O) groups excluding carboxylic acids is 1. The first-order valence-corrected chi connectivity index (χ1v) is 13.1. The van der Waals surface area contributed by atoms with Crippen molar-refractivity contribution in [2.45, 2.75) is 25.4 Å². The second-order valence-corrected chi connectivity index (χ2v) is 9.86. The van der Waals surface area contributed by atoms with Crippen LogP contribution in [0.1, 0.15) is 28.9 Å². The molecule has 10 nitrogen and oxygen atoms in total. The van der Waals surface area contributed by atoms with E-state index in [2.05, 4.69) is 48.4 Å². The van der Waals surface area contributed by atoms with E-state index in [0.717, 1.165) is 72.0 Å². The van der Waals surface area contributed by atoms with Gasteiger partial charge in [0.15, 0.2) is 0 Å². The van der Waals surface area contributed by atoms with Crippen molar-refractivity contribution in [3.63, 3.8) is 0 Å². The molecule has 0 saturated carbocycles. The van der Waals surface area contributed by atoms with Gasteiger partial charge in [-0.1, -0.05) is 12.1 Å². The number of rotatable bonds is 6. The number of H-pyrrole nitrogens is 1. The predicted molar refractivity (Wildman–Crippen MR) is 147 cm³/mol. The van der Waals surface area contributed by atoms with Crippen molar-refractivity contribution in [1.82, 2.24) is 24.8 Å². The van der Waals surface area contributed by atoms with Crippen LogP contribution >= 0.6 is 0 Å². The topological polar surface area (TPSA) is 125 Å². The minimum atomic E-state index is 0.0213. The number of benzene rings is 1. The van der Waals surface area contributed by atoms with Gasteiger partial charge >= 0.3 is 0 Å². The van der Waals surface area contributed by atoms with Crippen LogP contribution in [0.3, 0.4) is 0 Å². The normalized spacial score (nSPS) is 18.1. The Morgan fingerprint density at radius 1 is 1.08 bits per heavy atom. The van der Waals surface area contributed by atoms with Crippen LogP contribution in [-0.2, 0) is 11.3 Å². The van der Waals surface area contributed by atoms with Gasteiger partial charge in [-0.3, -0.25) is 9.78 Å². The van der Waals surface area contributed by atoms with Crippen LogP contribution in [0, 0.1) is 0 Å². The van der Waals surface area contributed by atoms with Gasteiger partial charge in [-0.15, -0.1) is 0 Å². The molecule has 1 atom stereocenters. The van der Waals surface area contributed by atoms with Gasteiger partial charge in [0.1, 0.15) is 17.8 Å². The van der Waals surface area contributed by atoms with Gasteiger partial charge < -0.3 is 30.6 Å². The van der Waals surface area contributed by atoms with Gasteiger partial charge in [-0.2, -0.15) is 0 Å². The van der Waals surface area contributed by atoms with Crippen molar-refractivity contribution >= 4 is 28.4 Å². The molecule has 2 saturated heterocycles. The van der Waals surface area contributed by atoms with E-state index in [1.807, 2.05) is 23.1 Å². The molecule has 0 unspecified atom stereocenters. The first-order chi connectivity index (χ1) is 18.6. The van der Waals surface area contributed by atoms with E-state index in [1.54, 1.807) is 18.6 Å². The number of amides is 1. The first-order valence-electron chi connectivity index (χ1n) is 13.1. The molecule has 1 amide bonds. The number of anilines is 2. The Morgan fingerprint density at radius 3 is 2.74 bits per heavy atom. The van der Waals surface area contributed by atoms with Crippen LogP contribution in [0.2, 0.25) is 0 Å². The molecule has 5 heterocycles. The van der Waals surface area contributed by atoms with E-state index in [1.165, 1.54) is 0 Å². The molecule has 2 fully saturated rings.